The highest BCUT2D eigenvalue weighted by atomic mass is 16.7. The number of carbonyl (C=O) groups excluding carboxylic acids is 3. The molecule has 0 bridgehead atoms. The highest BCUT2D eigenvalue weighted by molar-refractivity contribution is 6.05. The molecule has 0 atom stereocenters. The van der Waals surface area contributed by atoms with E-state index in [0.29, 0.717) is 53.9 Å². The number of ether oxygens (including phenoxy) is 5. The summed E-state index contributed by atoms with van der Waals surface area (Å²) in [5.74, 6) is 1.00. The minimum absolute atomic E-state index is 0.208. The second-order valence-corrected chi connectivity index (χ2v) is 8.24. The van der Waals surface area contributed by atoms with Gasteiger partial charge in [0.25, 0.3) is 11.8 Å². The Morgan fingerprint density at radius 1 is 0.675 bits per heavy atom. The molecule has 0 aliphatic rings. The second kappa shape index (κ2) is 15.0. The molecule has 0 aliphatic heterocycles. The van der Waals surface area contributed by atoms with Crippen molar-refractivity contribution in [2.24, 2.45) is 0 Å². The number of rotatable bonds is 13. The van der Waals surface area contributed by atoms with Gasteiger partial charge in [-0.15, -0.1) is 0 Å². The molecule has 0 fully saturated rings. The molecule has 2 amide bonds. The average molecular weight is 551 g/mol. The molecule has 0 aromatic heterocycles. The molecule has 0 saturated heterocycles. The molecule has 212 valence electrons. The van der Waals surface area contributed by atoms with Crippen LogP contribution in [0.3, 0.4) is 0 Å². The lowest BCUT2D eigenvalue weighted by atomic mass is 10.1. The number of anilines is 1. The molecule has 3 rings (SSSR count). The quantitative estimate of drug-likeness (QED) is 0.208. The summed E-state index contributed by atoms with van der Waals surface area (Å²) in [5, 5.41) is 5.71. The van der Waals surface area contributed by atoms with Crippen LogP contribution in [0.15, 0.2) is 60.7 Å². The monoisotopic (exact) mass is 550 g/mol. The highest BCUT2D eigenvalue weighted by Gasteiger charge is 2.18. The smallest absolute Gasteiger partial charge is 0.490 e. The van der Waals surface area contributed by atoms with E-state index in [-0.39, 0.29) is 30.7 Å². The summed E-state index contributed by atoms with van der Waals surface area (Å²) in [4.78, 5) is 36.9. The van der Waals surface area contributed by atoms with E-state index < -0.39 is 6.16 Å². The van der Waals surface area contributed by atoms with Crippen molar-refractivity contribution in [2.45, 2.75) is 34.2 Å². The van der Waals surface area contributed by atoms with Gasteiger partial charge in [0.05, 0.1) is 26.4 Å². The predicted octanol–water partition coefficient (Wildman–Crippen LogP) is 5.60. The van der Waals surface area contributed by atoms with Gasteiger partial charge in [0, 0.05) is 23.4 Å². The minimum atomic E-state index is -0.802. The molecule has 0 spiro atoms. The van der Waals surface area contributed by atoms with Crippen LogP contribution in [0.25, 0.3) is 0 Å². The topological polar surface area (TPSA) is 121 Å². The molecular weight excluding hydrogens is 516 g/mol. The molecule has 40 heavy (non-hydrogen) atoms. The van der Waals surface area contributed by atoms with E-state index >= 15 is 0 Å². The Kier molecular flexibility index (Phi) is 11.2. The number of hydrogen-bond acceptors (Lipinski definition) is 8. The summed E-state index contributed by atoms with van der Waals surface area (Å²) in [7, 11) is 0. The molecule has 3 aromatic rings. The van der Waals surface area contributed by atoms with Crippen molar-refractivity contribution in [3.63, 3.8) is 0 Å². The molecule has 2 N–H and O–H groups in total. The standard InChI is InChI=1S/C30H34N2O8/c1-5-36-25-17-22(18-26(37-6-2)27(25)38-7-3)29(34)32-23-13-9-20(10-14-23)19-31-28(33)21-11-15-24(16-12-21)40-30(35)39-8-4/h9-18H,5-8,19H2,1-4H3,(H,31,33)(H,32,34). The molecule has 10 nitrogen and oxygen atoms in total. The predicted molar refractivity (Wildman–Crippen MR) is 150 cm³/mol. The van der Waals surface area contributed by atoms with Crippen LogP contribution in [0, 0.1) is 0 Å². The van der Waals surface area contributed by atoms with Crippen molar-refractivity contribution in [1.29, 1.82) is 0 Å². The third kappa shape index (κ3) is 8.39. The Labute approximate surface area is 233 Å². The number of benzene rings is 3. The molecule has 0 saturated carbocycles. The van der Waals surface area contributed by atoms with Crippen LogP contribution in [-0.4, -0.2) is 44.4 Å². The third-order valence-corrected chi connectivity index (χ3v) is 5.42. The van der Waals surface area contributed by atoms with Crippen LogP contribution in [0.4, 0.5) is 10.5 Å². The fourth-order valence-corrected chi connectivity index (χ4v) is 3.63. The lowest BCUT2D eigenvalue weighted by Gasteiger charge is -2.17. The summed E-state index contributed by atoms with van der Waals surface area (Å²) < 4.78 is 26.8. The van der Waals surface area contributed by atoms with Gasteiger partial charge in [0.2, 0.25) is 5.75 Å². The Hall–Kier alpha value is -4.73. The summed E-state index contributed by atoms with van der Waals surface area (Å²) in [6.07, 6.45) is -0.802. The molecule has 0 radical (unpaired) electrons. The zero-order valence-electron chi connectivity index (χ0n) is 23.1. The molecule has 0 aliphatic carbocycles. The zero-order valence-corrected chi connectivity index (χ0v) is 23.1. The van der Waals surface area contributed by atoms with Crippen LogP contribution in [0.1, 0.15) is 54.0 Å². The Morgan fingerprint density at radius 2 is 1.27 bits per heavy atom. The summed E-state index contributed by atoms with van der Waals surface area (Å²) in [6.45, 7) is 8.98. The normalized spacial score (nSPS) is 10.3. The first kappa shape index (κ1) is 29.8. The highest BCUT2D eigenvalue weighted by Crippen LogP contribution is 2.39. The second-order valence-electron chi connectivity index (χ2n) is 8.24. The van der Waals surface area contributed by atoms with E-state index in [1.807, 2.05) is 32.9 Å². The fraction of sp³-hybridized carbons (Fsp3) is 0.300. The van der Waals surface area contributed by atoms with Crippen molar-refractivity contribution >= 4 is 23.7 Å². The van der Waals surface area contributed by atoms with Gasteiger partial charge in [0.15, 0.2) is 11.5 Å². The first-order chi connectivity index (χ1) is 19.4. The van der Waals surface area contributed by atoms with Crippen molar-refractivity contribution < 1.29 is 38.1 Å². The van der Waals surface area contributed by atoms with Gasteiger partial charge >= 0.3 is 6.16 Å². The van der Waals surface area contributed by atoms with Gasteiger partial charge < -0.3 is 34.3 Å². The summed E-state index contributed by atoms with van der Waals surface area (Å²) in [5.41, 5.74) is 2.20. The molecule has 0 heterocycles. The summed E-state index contributed by atoms with van der Waals surface area (Å²) in [6, 6.07) is 16.5. The average Bonchev–Trinajstić information content (AvgIpc) is 2.95. The first-order valence-electron chi connectivity index (χ1n) is 13.1. The molecule has 3 aromatic carbocycles. The van der Waals surface area contributed by atoms with Gasteiger partial charge in [0.1, 0.15) is 5.75 Å². The van der Waals surface area contributed by atoms with Crippen molar-refractivity contribution in [2.75, 3.05) is 31.7 Å². The maximum atomic E-state index is 13.0. The van der Waals surface area contributed by atoms with Gasteiger partial charge in [-0.25, -0.2) is 4.79 Å². The number of carbonyl (C=O) groups is 3. The van der Waals surface area contributed by atoms with Gasteiger partial charge in [-0.2, -0.15) is 0 Å². The lowest BCUT2D eigenvalue weighted by Crippen LogP contribution is -2.22. The Bertz CT molecular complexity index is 1260. The van der Waals surface area contributed by atoms with Crippen molar-refractivity contribution in [1.82, 2.24) is 5.32 Å². The van der Waals surface area contributed by atoms with E-state index in [9.17, 15) is 14.4 Å². The van der Waals surface area contributed by atoms with E-state index in [2.05, 4.69) is 10.6 Å². The van der Waals surface area contributed by atoms with E-state index in [4.69, 9.17) is 23.7 Å². The van der Waals surface area contributed by atoms with Gasteiger partial charge in [-0.3, -0.25) is 9.59 Å². The van der Waals surface area contributed by atoms with Crippen LogP contribution in [0.2, 0.25) is 0 Å². The Balaban J connectivity index is 1.60. The van der Waals surface area contributed by atoms with Gasteiger partial charge in [-0.05, 0) is 81.8 Å². The van der Waals surface area contributed by atoms with Gasteiger partial charge in [-0.1, -0.05) is 12.1 Å². The number of amides is 2. The Morgan fingerprint density at radius 3 is 1.82 bits per heavy atom. The maximum absolute atomic E-state index is 13.0. The molecule has 0 unspecified atom stereocenters. The number of hydrogen-bond donors (Lipinski definition) is 2. The minimum Gasteiger partial charge on any atom is -0.490 e. The van der Waals surface area contributed by atoms with Crippen LogP contribution < -0.4 is 29.6 Å². The van der Waals surface area contributed by atoms with Crippen LogP contribution in [-0.2, 0) is 11.3 Å². The van der Waals surface area contributed by atoms with Crippen molar-refractivity contribution in [3.8, 4) is 23.0 Å². The van der Waals surface area contributed by atoms with E-state index in [0.717, 1.165) is 5.56 Å². The molecule has 10 heteroatoms. The first-order valence-corrected chi connectivity index (χ1v) is 13.1. The van der Waals surface area contributed by atoms with Crippen molar-refractivity contribution in [3.05, 3.63) is 77.4 Å². The van der Waals surface area contributed by atoms with E-state index in [1.165, 1.54) is 12.1 Å². The largest absolute Gasteiger partial charge is 0.513 e. The zero-order chi connectivity index (χ0) is 28.9. The third-order valence-electron chi connectivity index (χ3n) is 5.42. The SMILES string of the molecule is CCOC(=O)Oc1ccc(C(=O)NCc2ccc(NC(=O)c3cc(OCC)c(OCC)c(OCC)c3)cc2)cc1. The van der Waals surface area contributed by atoms with E-state index in [1.54, 1.807) is 43.3 Å². The van der Waals surface area contributed by atoms with Crippen LogP contribution in [0.5, 0.6) is 23.0 Å². The summed E-state index contributed by atoms with van der Waals surface area (Å²) >= 11 is 0. The lowest BCUT2D eigenvalue weighted by molar-refractivity contribution is 0.0950. The number of nitrogens with one attached hydrogen (secondary N) is 2. The van der Waals surface area contributed by atoms with Crippen LogP contribution >= 0.6 is 0 Å². The maximum Gasteiger partial charge on any atom is 0.513 e. The molecular formula is C30H34N2O8. The fourth-order valence-electron chi connectivity index (χ4n) is 3.63.